The Hall–Kier alpha value is -1.40. The Labute approximate surface area is 106 Å². The number of methoxy groups -OCH3 is 1. The Morgan fingerprint density at radius 1 is 1.39 bits per heavy atom. The van der Waals surface area contributed by atoms with Gasteiger partial charge < -0.3 is 4.74 Å². The molecule has 0 radical (unpaired) electrons. The SMILES string of the molecule is COc1cnn(C)c1C(=O)C1CN2CCN1CC2. The lowest BCUT2D eigenvalue weighted by molar-refractivity contribution is 0.0153. The maximum absolute atomic E-state index is 12.6. The first-order valence-corrected chi connectivity index (χ1v) is 6.27. The minimum atomic E-state index is -0.0446. The lowest BCUT2D eigenvalue weighted by Crippen LogP contribution is -2.63. The number of carbonyl (C=O) groups excluding carboxylic acids is 1. The molecule has 3 fully saturated rings. The molecule has 3 saturated heterocycles. The van der Waals surface area contributed by atoms with E-state index in [0.717, 1.165) is 32.7 Å². The second-order valence-corrected chi connectivity index (χ2v) is 4.90. The molecule has 1 atom stereocenters. The van der Waals surface area contributed by atoms with Crippen LogP contribution in [0.2, 0.25) is 0 Å². The fourth-order valence-corrected chi connectivity index (χ4v) is 2.87. The number of Topliss-reactive ketones (excluding diaryl/α,β-unsaturated/α-hetero) is 1. The first-order chi connectivity index (χ1) is 8.70. The van der Waals surface area contributed by atoms with Gasteiger partial charge in [0.25, 0.3) is 0 Å². The molecule has 18 heavy (non-hydrogen) atoms. The van der Waals surface area contributed by atoms with Gasteiger partial charge in [-0.3, -0.25) is 19.3 Å². The first-order valence-electron chi connectivity index (χ1n) is 6.27. The van der Waals surface area contributed by atoms with Gasteiger partial charge in [-0.25, -0.2) is 0 Å². The summed E-state index contributed by atoms with van der Waals surface area (Å²) < 4.78 is 6.83. The molecule has 0 amide bonds. The minimum Gasteiger partial charge on any atom is -0.493 e. The van der Waals surface area contributed by atoms with E-state index < -0.39 is 0 Å². The largest absolute Gasteiger partial charge is 0.493 e. The van der Waals surface area contributed by atoms with Gasteiger partial charge >= 0.3 is 0 Å². The summed E-state index contributed by atoms with van der Waals surface area (Å²) in [6, 6.07) is -0.0446. The maximum Gasteiger partial charge on any atom is 0.203 e. The van der Waals surface area contributed by atoms with Crippen molar-refractivity contribution in [1.29, 1.82) is 0 Å². The van der Waals surface area contributed by atoms with Crippen molar-refractivity contribution in [3.05, 3.63) is 11.9 Å². The van der Waals surface area contributed by atoms with Gasteiger partial charge in [0, 0.05) is 39.8 Å². The van der Waals surface area contributed by atoms with E-state index in [4.69, 9.17) is 4.74 Å². The van der Waals surface area contributed by atoms with Gasteiger partial charge in [-0.05, 0) is 0 Å². The number of piperazine rings is 3. The summed E-state index contributed by atoms with van der Waals surface area (Å²) in [5, 5.41) is 4.10. The van der Waals surface area contributed by atoms with Gasteiger partial charge in [0.15, 0.2) is 5.75 Å². The standard InChI is InChI=1S/C12H18N4O2/c1-14-11(10(18-2)7-13-14)12(17)9-8-15-3-5-16(9)6-4-15/h7,9H,3-6,8H2,1-2H3. The number of fused-ring (bicyclic) bond motifs is 3. The van der Waals surface area contributed by atoms with Crippen molar-refractivity contribution in [3.63, 3.8) is 0 Å². The molecule has 4 heterocycles. The predicted octanol–water partition coefficient (Wildman–Crippen LogP) is -0.389. The Balaban J connectivity index is 1.88. The Kier molecular flexibility index (Phi) is 2.83. The van der Waals surface area contributed by atoms with Crippen LogP contribution in [0.3, 0.4) is 0 Å². The smallest absolute Gasteiger partial charge is 0.203 e. The maximum atomic E-state index is 12.6. The van der Waals surface area contributed by atoms with Crippen molar-refractivity contribution >= 4 is 5.78 Å². The quantitative estimate of drug-likeness (QED) is 0.684. The highest BCUT2D eigenvalue weighted by Crippen LogP contribution is 2.24. The number of hydrogen-bond donors (Lipinski definition) is 0. The normalized spacial score (nSPS) is 30.4. The van der Waals surface area contributed by atoms with Crippen molar-refractivity contribution in [3.8, 4) is 5.75 Å². The number of hydrogen-bond acceptors (Lipinski definition) is 5. The molecular weight excluding hydrogens is 232 g/mol. The van der Waals surface area contributed by atoms with Crippen molar-refractivity contribution in [2.75, 3.05) is 39.8 Å². The van der Waals surface area contributed by atoms with Crippen LogP contribution in [0.25, 0.3) is 0 Å². The highest BCUT2D eigenvalue weighted by atomic mass is 16.5. The number of ketones is 1. The number of carbonyl (C=O) groups is 1. The van der Waals surface area contributed by atoms with Crippen LogP contribution in [0.5, 0.6) is 5.75 Å². The molecule has 6 nitrogen and oxygen atoms in total. The van der Waals surface area contributed by atoms with Gasteiger partial charge in [0.05, 0.1) is 19.3 Å². The molecule has 4 rings (SSSR count). The number of rotatable bonds is 3. The van der Waals surface area contributed by atoms with Gasteiger partial charge in [0.1, 0.15) is 5.69 Å². The van der Waals surface area contributed by atoms with Crippen LogP contribution in [0.4, 0.5) is 0 Å². The van der Waals surface area contributed by atoms with Crippen LogP contribution in [0.15, 0.2) is 6.20 Å². The van der Waals surface area contributed by atoms with Crippen LogP contribution in [0, 0.1) is 0 Å². The summed E-state index contributed by atoms with van der Waals surface area (Å²) in [7, 11) is 3.36. The molecule has 3 aliphatic heterocycles. The second-order valence-electron chi connectivity index (χ2n) is 4.90. The molecule has 2 bridgehead atoms. The zero-order chi connectivity index (χ0) is 12.7. The fourth-order valence-electron chi connectivity index (χ4n) is 2.87. The lowest BCUT2D eigenvalue weighted by atomic mass is 10.0. The third-order valence-electron chi connectivity index (χ3n) is 3.94. The molecule has 1 aromatic heterocycles. The van der Waals surface area contributed by atoms with E-state index in [1.54, 1.807) is 25.0 Å². The number of nitrogens with zero attached hydrogens (tertiary/aromatic N) is 4. The number of aromatic nitrogens is 2. The molecule has 1 aromatic rings. The molecule has 98 valence electrons. The molecule has 0 saturated carbocycles. The summed E-state index contributed by atoms with van der Waals surface area (Å²) >= 11 is 0. The van der Waals surface area contributed by atoms with E-state index in [2.05, 4.69) is 14.9 Å². The van der Waals surface area contributed by atoms with E-state index in [9.17, 15) is 4.79 Å². The van der Waals surface area contributed by atoms with E-state index in [1.807, 2.05) is 0 Å². The molecular formula is C12H18N4O2. The Bertz CT molecular complexity index is 463. The molecule has 1 unspecified atom stereocenters. The molecule has 6 heteroatoms. The average Bonchev–Trinajstić information content (AvgIpc) is 2.80. The van der Waals surface area contributed by atoms with E-state index in [1.165, 1.54) is 0 Å². The van der Waals surface area contributed by atoms with Gasteiger partial charge in [-0.15, -0.1) is 0 Å². The van der Waals surface area contributed by atoms with Crippen molar-refractivity contribution < 1.29 is 9.53 Å². The van der Waals surface area contributed by atoms with Crippen LogP contribution < -0.4 is 4.74 Å². The monoisotopic (exact) mass is 250 g/mol. The summed E-state index contributed by atoms with van der Waals surface area (Å²) in [5.74, 6) is 0.691. The topological polar surface area (TPSA) is 50.6 Å². The number of ether oxygens (including phenoxy) is 1. The van der Waals surface area contributed by atoms with Gasteiger partial charge in [0.2, 0.25) is 5.78 Å². The summed E-state index contributed by atoms with van der Waals surface area (Å²) in [4.78, 5) is 17.3. The highest BCUT2D eigenvalue weighted by Gasteiger charge is 2.38. The van der Waals surface area contributed by atoms with E-state index >= 15 is 0 Å². The summed E-state index contributed by atoms with van der Waals surface area (Å²) in [5.41, 5.74) is 0.580. The Morgan fingerprint density at radius 3 is 2.67 bits per heavy atom. The number of aryl methyl sites for hydroxylation is 1. The van der Waals surface area contributed by atoms with Crippen molar-refractivity contribution in [2.45, 2.75) is 6.04 Å². The molecule has 0 aromatic carbocycles. The molecule has 3 aliphatic rings. The summed E-state index contributed by atoms with van der Waals surface area (Å²) in [6.45, 7) is 4.94. The lowest BCUT2D eigenvalue weighted by Gasteiger charge is -2.46. The summed E-state index contributed by atoms with van der Waals surface area (Å²) in [6.07, 6.45) is 1.60. The van der Waals surface area contributed by atoms with Gasteiger partial charge in [-0.2, -0.15) is 5.10 Å². The van der Waals surface area contributed by atoms with Crippen LogP contribution in [-0.4, -0.2) is 71.2 Å². The molecule has 0 spiro atoms. The van der Waals surface area contributed by atoms with E-state index in [-0.39, 0.29) is 11.8 Å². The Morgan fingerprint density at radius 2 is 2.11 bits per heavy atom. The molecule has 0 N–H and O–H groups in total. The zero-order valence-electron chi connectivity index (χ0n) is 10.8. The predicted molar refractivity (Wildman–Crippen MR) is 65.9 cm³/mol. The van der Waals surface area contributed by atoms with Crippen molar-refractivity contribution in [2.24, 2.45) is 7.05 Å². The zero-order valence-corrected chi connectivity index (χ0v) is 10.8. The van der Waals surface area contributed by atoms with Crippen molar-refractivity contribution in [1.82, 2.24) is 19.6 Å². The van der Waals surface area contributed by atoms with E-state index in [0.29, 0.717) is 11.4 Å². The van der Waals surface area contributed by atoms with Gasteiger partial charge in [-0.1, -0.05) is 0 Å². The van der Waals surface area contributed by atoms with Crippen LogP contribution in [0.1, 0.15) is 10.5 Å². The molecule has 0 aliphatic carbocycles. The third kappa shape index (κ3) is 1.72. The first kappa shape index (κ1) is 11.7. The average molecular weight is 250 g/mol. The minimum absolute atomic E-state index is 0.0446. The third-order valence-corrected chi connectivity index (χ3v) is 3.94. The van der Waals surface area contributed by atoms with Crippen LogP contribution in [-0.2, 0) is 7.05 Å². The fraction of sp³-hybridized carbons (Fsp3) is 0.667. The highest BCUT2D eigenvalue weighted by molar-refractivity contribution is 6.01. The van der Waals surface area contributed by atoms with Crippen LogP contribution >= 0.6 is 0 Å². The second kappa shape index (κ2) is 4.37.